The van der Waals surface area contributed by atoms with Crippen LogP contribution >= 0.6 is 12.4 Å². The van der Waals surface area contributed by atoms with Crippen molar-refractivity contribution in [1.29, 1.82) is 0 Å². The quantitative estimate of drug-likeness (QED) is 0.920. The summed E-state index contributed by atoms with van der Waals surface area (Å²) in [6.07, 6.45) is 3.39. The first-order valence-electron chi connectivity index (χ1n) is 8.04. The second kappa shape index (κ2) is 6.32. The first-order chi connectivity index (χ1) is 11.2. The number of imidazole rings is 1. The number of urea groups is 1. The number of amides is 2. The summed E-state index contributed by atoms with van der Waals surface area (Å²) in [4.78, 5) is 28.9. The molecule has 0 saturated carbocycles. The number of hydrogen-bond donors (Lipinski definition) is 1. The topological polar surface area (TPSA) is 77.7 Å². The SMILES string of the molecule is CCCN1C(=O)N2CC(CC)N=C2c2[nH]c(-c3ccco3)nc21.Cl. The van der Waals surface area contributed by atoms with Crippen molar-refractivity contribution in [3.05, 3.63) is 24.1 Å². The fourth-order valence-electron chi connectivity index (χ4n) is 3.08. The summed E-state index contributed by atoms with van der Waals surface area (Å²) in [6.45, 7) is 5.41. The van der Waals surface area contributed by atoms with Gasteiger partial charge < -0.3 is 9.40 Å². The maximum absolute atomic E-state index is 12.8. The molecular weight excluding hydrogens is 330 g/mol. The van der Waals surface area contributed by atoms with E-state index in [4.69, 9.17) is 9.41 Å². The van der Waals surface area contributed by atoms with Gasteiger partial charge in [-0.3, -0.25) is 14.8 Å². The molecule has 2 aliphatic rings. The van der Waals surface area contributed by atoms with E-state index in [2.05, 4.69) is 23.8 Å². The number of H-pyrrole nitrogens is 1. The van der Waals surface area contributed by atoms with Crippen molar-refractivity contribution in [1.82, 2.24) is 14.9 Å². The monoisotopic (exact) mass is 349 g/mol. The molecular formula is C16H20ClN5O2. The average Bonchev–Trinajstić information content (AvgIpc) is 3.28. The van der Waals surface area contributed by atoms with Crippen molar-refractivity contribution in [2.24, 2.45) is 4.99 Å². The summed E-state index contributed by atoms with van der Waals surface area (Å²) in [5.41, 5.74) is 0.806. The maximum atomic E-state index is 12.8. The summed E-state index contributed by atoms with van der Waals surface area (Å²) in [7, 11) is 0. The second-order valence-corrected chi connectivity index (χ2v) is 5.82. The number of fused-ring (bicyclic) bond motifs is 3. The van der Waals surface area contributed by atoms with E-state index in [-0.39, 0.29) is 24.5 Å². The number of furan rings is 1. The summed E-state index contributed by atoms with van der Waals surface area (Å²) < 4.78 is 5.42. The number of amidine groups is 1. The van der Waals surface area contributed by atoms with E-state index in [1.807, 2.05) is 12.1 Å². The minimum atomic E-state index is -0.0356. The highest BCUT2D eigenvalue weighted by Gasteiger charge is 2.42. The highest BCUT2D eigenvalue weighted by atomic mass is 35.5. The lowest BCUT2D eigenvalue weighted by Crippen LogP contribution is -2.50. The Bertz CT molecular complexity index is 768. The minimum Gasteiger partial charge on any atom is -0.461 e. The molecule has 2 aliphatic heterocycles. The van der Waals surface area contributed by atoms with Gasteiger partial charge in [0.15, 0.2) is 23.2 Å². The molecule has 128 valence electrons. The molecule has 4 heterocycles. The van der Waals surface area contributed by atoms with Crippen molar-refractivity contribution < 1.29 is 9.21 Å². The van der Waals surface area contributed by atoms with Crippen molar-refractivity contribution in [3.63, 3.8) is 0 Å². The highest BCUT2D eigenvalue weighted by molar-refractivity contribution is 6.18. The predicted octanol–water partition coefficient (Wildman–Crippen LogP) is 3.28. The maximum Gasteiger partial charge on any atom is 0.331 e. The zero-order valence-electron chi connectivity index (χ0n) is 13.7. The smallest absolute Gasteiger partial charge is 0.331 e. The average molecular weight is 350 g/mol. The highest BCUT2D eigenvalue weighted by Crippen LogP contribution is 2.33. The third-order valence-electron chi connectivity index (χ3n) is 4.25. The third kappa shape index (κ3) is 2.39. The molecule has 1 N–H and O–H groups in total. The van der Waals surface area contributed by atoms with Crippen LogP contribution in [0.1, 0.15) is 32.4 Å². The normalized spacial score (nSPS) is 19.0. The predicted molar refractivity (Wildman–Crippen MR) is 93.9 cm³/mol. The zero-order chi connectivity index (χ0) is 16.0. The van der Waals surface area contributed by atoms with Gasteiger partial charge in [0.05, 0.1) is 18.8 Å². The van der Waals surface area contributed by atoms with Crippen molar-refractivity contribution >= 4 is 30.1 Å². The number of carbonyl (C=O) groups is 1. The number of aromatic amines is 1. The lowest BCUT2D eigenvalue weighted by atomic mass is 10.2. The van der Waals surface area contributed by atoms with Crippen molar-refractivity contribution in [2.75, 3.05) is 18.0 Å². The fraction of sp³-hybridized carbons (Fsp3) is 0.438. The van der Waals surface area contributed by atoms with Crippen molar-refractivity contribution in [3.8, 4) is 11.6 Å². The van der Waals surface area contributed by atoms with Gasteiger partial charge in [-0.25, -0.2) is 9.78 Å². The molecule has 0 saturated heterocycles. The van der Waals surface area contributed by atoms with Crippen molar-refractivity contribution in [2.45, 2.75) is 32.7 Å². The van der Waals surface area contributed by atoms with Crippen LogP contribution in [-0.4, -0.2) is 45.9 Å². The number of carbonyl (C=O) groups excluding carboxylic acids is 1. The Morgan fingerprint density at radius 1 is 1.42 bits per heavy atom. The number of nitrogens with zero attached hydrogens (tertiary/aromatic N) is 4. The number of aliphatic imine (C=N–C) groups is 1. The number of hydrogen-bond acceptors (Lipinski definition) is 4. The molecule has 1 unspecified atom stereocenters. The lowest BCUT2D eigenvalue weighted by Gasteiger charge is -2.32. The van der Waals surface area contributed by atoms with Crippen LogP contribution in [0.2, 0.25) is 0 Å². The summed E-state index contributed by atoms with van der Waals surface area (Å²) in [5, 5.41) is 0. The van der Waals surface area contributed by atoms with Gasteiger partial charge >= 0.3 is 6.03 Å². The van der Waals surface area contributed by atoms with E-state index in [0.717, 1.165) is 18.5 Å². The van der Waals surface area contributed by atoms with E-state index in [1.54, 1.807) is 16.1 Å². The Balaban J connectivity index is 0.00000169. The standard InChI is InChI=1S/C16H19N5O2.ClH/c1-3-7-20-15-12(18-13(19-15)11-6-5-8-23-11)14-17-10(4-2)9-21(14)16(20)22;/h5-6,8,10H,3-4,7,9H2,1-2H3,(H,18,19);1H. The van der Waals surface area contributed by atoms with E-state index in [1.165, 1.54) is 0 Å². The molecule has 0 spiro atoms. The van der Waals surface area contributed by atoms with Crippen LogP contribution < -0.4 is 4.90 Å². The van der Waals surface area contributed by atoms with Gasteiger partial charge in [-0.2, -0.15) is 0 Å². The molecule has 4 rings (SSSR count). The Kier molecular flexibility index (Phi) is 4.36. The summed E-state index contributed by atoms with van der Waals surface area (Å²) in [5.74, 6) is 2.63. The Morgan fingerprint density at radius 3 is 2.92 bits per heavy atom. The molecule has 2 amide bonds. The van der Waals surface area contributed by atoms with Gasteiger partial charge in [0.25, 0.3) is 0 Å². The number of aromatic nitrogens is 2. The molecule has 8 heteroatoms. The van der Waals surface area contributed by atoms with Gasteiger partial charge in [0.2, 0.25) is 0 Å². The fourth-order valence-corrected chi connectivity index (χ4v) is 3.08. The Hall–Kier alpha value is -2.28. The van der Waals surface area contributed by atoms with Crippen LogP contribution in [0.3, 0.4) is 0 Å². The first-order valence-corrected chi connectivity index (χ1v) is 8.04. The van der Waals surface area contributed by atoms with Crippen LogP contribution in [0.25, 0.3) is 11.6 Å². The molecule has 2 aromatic heterocycles. The van der Waals surface area contributed by atoms with Crippen LogP contribution in [0, 0.1) is 0 Å². The molecule has 0 bridgehead atoms. The zero-order valence-corrected chi connectivity index (χ0v) is 14.5. The second-order valence-electron chi connectivity index (χ2n) is 5.82. The minimum absolute atomic E-state index is 0. The van der Waals surface area contributed by atoms with Crippen LogP contribution in [0.15, 0.2) is 27.8 Å². The van der Waals surface area contributed by atoms with Gasteiger partial charge in [-0.05, 0) is 25.0 Å². The molecule has 1 atom stereocenters. The summed E-state index contributed by atoms with van der Waals surface area (Å²) in [6, 6.07) is 3.78. The van der Waals surface area contributed by atoms with Gasteiger partial charge in [-0.1, -0.05) is 13.8 Å². The first kappa shape index (κ1) is 16.6. The van der Waals surface area contributed by atoms with Crippen LogP contribution in [0.4, 0.5) is 10.6 Å². The largest absolute Gasteiger partial charge is 0.461 e. The van der Waals surface area contributed by atoms with Gasteiger partial charge in [-0.15, -0.1) is 12.4 Å². The van der Waals surface area contributed by atoms with E-state index >= 15 is 0 Å². The molecule has 2 aromatic rings. The molecule has 24 heavy (non-hydrogen) atoms. The Morgan fingerprint density at radius 2 is 2.25 bits per heavy atom. The van der Waals surface area contributed by atoms with E-state index in [9.17, 15) is 4.79 Å². The molecule has 0 radical (unpaired) electrons. The molecule has 0 fully saturated rings. The molecule has 0 aliphatic carbocycles. The van der Waals surface area contributed by atoms with Crippen LogP contribution in [-0.2, 0) is 0 Å². The number of halogens is 1. The van der Waals surface area contributed by atoms with E-state index < -0.39 is 0 Å². The number of nitrogens with one attached hydrogen (secondary N) is 1. The van der Waals surface area contributed by atoms with Gasteiger partial charge in [0, 0.05) is 6.54 Å². The third-order valence-corrected chi connectivity index (χ3v) is 4.25. The number of anilines is 1. The Labute approximate surface area is 146 Å². The summed E-state index contributed by atoms with van der Waals surface area (Å²) >= 11 is 0. The van der Waals surface area contributed by atoms with E-state index in [0.29, 0.717) is 36.3 Å². The van der Waals surface area contributed by atoms with Crippen LogP contribution in [0.5, 0.6) is 0 Å². The molecule has 0 aromatic carbocycles. The molecule has 7 nitrogen and oxygen atoms in total. The number of rotatable bonds is 4. The van der Waals surface area contributed by atoms with Gasteiger partial charge in [0.1, 0.15) is 5.69 Å². The lowest BCUT2D eigenvalue weighted by molar-refractivity contribution is 0.226.